The second-order valence-electron chi connectivity index (χ2n) is 6.11. The molecule has 7 nitrogen and oxygen atoms in total. The standard InChI is InChI=1S/C13H24O7/c1-13(2,3)5-4-6-18-11-9(16)8(15)10(17)12(20-11)19-7-14/h7-12,15-17H,4-6H2,1-3H3. The number of aliphatic hydroxyl groups excluding tert-OH is 3. The summed E-state index contributed by atoms with van der Waals surface area (Å²) in [6, 6.07) is 0. The van der Waals surface area contributed by atoms with Gasteiger partial charge in [0.1, 0.15) is 18.3 Å². The van der Waals surface area contributed by atoms with Gasteiger partial charge >= 0.3 is 0 Å². The molecule has 1 aliphatic rings. The smallest absolute Gasteiger partial charge is 0.295 e. The predicted molar refractivity (Wildman–Crippen MR) is 68.5 cm³/mol. The molecule has 0 aliphatic carbocycles. The van der Waals surface area contributed by atoms with Gasteiger partial charge in [-0.15, -0.1) is 0 Å². The van der Waals surface area contributed by atoms with Crippen molar-refractivity contribution in [3.05, 3.63) is 0 Å². The van der Waals surface area contributed by atoms with E-state index in [2.05, 4.69) is 25.5 Å². The summed E-state index contributed by atoms with van der Waals surface area (Å²) in [6.07, 6.45) is -5.21. The minimum absolute atomic E-state index is 0.106. The third-order valence-electron chi connectivity index (χ3n) is 3.07. The second kappa shape index (κ2) is 7.33. The lowest BCUT2D eigenvalue weighted by atomic mass is 9.91. The Hall–Kier alpha value is -0.730. The van der Waals surface area contributed by atoms with E-state index in [4.69, 9.17) is 9.47 Å². The first-order chi connectivity index (χ1) is 9.26. The van der Waals surface area contributed by atoms with Crippen LogP contribution < -0.4 is 0 Å². The van der Waals surface area contributed by atoms with Crippen molar-refractivity contribution in [2.45, 2.75) is 64.5 Å². The summed E-state index contributed by atoms with van der Waals surface area (Å²) in [4.78, 5) is 10.3. The maximum Gasteiger partial charge on any atom is 0.295 e. The van der Waals surface area contributed by atoms with E-state index in [0.717, 1.165) is 12.8 Å². The van der Waals surface area contributed by atoms with Crippen molar-refractivity contribution in [3.8, 4) is 0 Å². The zero-order valence-corrected chi connectivity index (χ0v) is 12.1. The molecular weight excluding hydrogens is 268 g/mol. The van der Waals surface area contributed by atoms with Crippen molar-refractivity contribution >= 4 is 6.47 Å². The fourth-order valence-electron chi connectivity index (χ4n) is 1.92. The number of hydrogen-bond donors (Lipinski definition) is 3. The predicted octanol–water partition coefficient (Wildman–Crippen LogP) is -0.233. The Morgan fingerprint density at radius 1 is 1.10 bits per heavy atom. The van der Waals surface area contributed by atoms with Crippen LogP contribution in [0.2, 0.25) is 0 Å². The highest BCUT2D eigenvalue weighted by Crippen LogP contribution is 2.24. The van der Waals surface area contributed by atoms with Gasteiger partial charge in [0, 0.05) is 6.61 Å². The lowest BCUT2D eigenvalue weighted by molar-refractivity contribution is -0.339. The summed E-state index contributed by atoms with van der Waals surface area (Å²) in [6.45, 7) is 6.75. The van der Waals surface area contributed by atoms with E-state index < -0.39 is 30.9 Å². The number of carbonyl (C=O) groups excluding carboxylic acids is 1. The monoisotopic (exact) mass is 292 g/mol. The number of rotatable bonds is 6. The lowest BCUT2D eigenvalue weighted by Crippen LogP contribution is -2.58. The van der Waals surface area contributed by atoms with E-state index in [1.807, 2.05) is 0 Å². The van der Waals surface area contributed by atoms with Gasteiger partial charge < -0.3 is 29.5 Å². The van der Waals surface area contributed by atoms with Crippen LogP contribution >= 0.6 is 0 Å². The number of ether oxygens (including phenoxy) is 3. The topological polar surface area (TPSA) is 105 Å². The third-order valence-corrected chi connectivity index (χ3v) is 3.07. The van der Waals surface area contributed by atoms with E-state index in [9.17, 15) is 20.1 Å². The molecule has 1 fully saturated rings. The van der Waals surface area contributed by atoms with E-state index in [-0.39, 0.29) is 11.9 Å². The lowest BCUT2D eigenvalue weighted by Gasteiger charge is -2.38. The van der Waals surface area contributed by atoms with Crippen LogP contribution in [0.3, 0.4) is 0 Å². The first kappa shape index (κ1) is 17.3. The first-order valence-electron chi connectivity index (χ1n) is 6.66. The van der Waals surface area contributed by atoms with Crippen LogP contribution in [0.4, 0.5) is 0 Å². The molecule has 118 valence electrons. The SMILES string of the molecule is CC(C)(C)CCCOC1OC(OC=O)C(O)C(O)C1O. The summed E-state index contributed by atoms with van der Waals surface area (Å²) in [5.41, 5.74) is 0.175. The van der Waals surface area contributed by atoms with Gasteiger partial charge in [0.15, 0.2) is 6.29 Å². The quantitative estimate of drug-likeness (QED) is 0.458. The number of hydrogen-bond acceptors (Lipinski definition) is 7. The van der Waals surface area contributed by atoms with E-state index >= 15 is 0 Å². The maximum absolute atomic E-state index is 10.3. The zero-order chi connectivity index (χ0) is 15.3. The van der Waals surface area contributed by atoms with Gasteiger partial charge in [-0.1, -0.05) is 20.8 Å². The van der Waals surface area contributed by atoms with Crippen molar-refractivity contribution in [1.29, 1.82) is 0 Å². The van der Waals surface area contributed by atoms with Crippen LogP contribution in [-0.2, 0) is 19.0 Å². The van der Waals surface area contributed by atoms with Gasteiger partial charge in [-0.2, -0.15) is 0 Å². The molecule has 0 aromatic rings. The molecule has 1 aliphatic heterocycles. The van der Waals surface area contributed by atoms with Gasteiger partial charge in [-0.05, 0) is 18.3 Å². The Bertz CT molecular complexity index is 302. The molecule has 0 aromatic heterocycles. The molecule has 0 saturated carbocycles. The van der Waals surface area contributed by atoms with Crippen molar-refractivity contribution in [2.75, 3.05) is 6.61 Å². The molecule has 1 saturated heterocycles. The van der Waals surface area contributed by atoms with Gasteiger partial charge in [-0.3, -0.25) is 4.79 Å². The molecule has 3 N–H and O–H groups in total. The molecule has 20 heavy (non-hydrogen) atoms. The molecule has 0 amide bonds. The summed E-state index contributed by atoms with van der Waals surface area (Å²) in [7, 11) is 0. The maximum atomic E-state index is 10.3. The van der Waals surface area contributed by atoms with E-state index in [1.165, 1.54) is 0 Å². The van der Waals surface area contributed by atoms with Crippen LogP contribution in [0.5, 0.6) is 0 Å². The van der Waals surface area contributed by atoms with Gasteiger partial charge in [-0.25, -0.2) is 0 Å². The summed E-state index contributed by atoms with van der Waals surface area (Å²) >= 11 is 0. The second-order valence-corrected chi connectivity index (χ2v) is 6.11. The largest absolute Gasteiger partial charge is 0.435 e. The summed E-state index contributed by atoms with van der Waals surface area (Å²) < 4.78 is 15.0. The molecular formula is C13H24O7. The van der Waals surface area contributed by atoms with Crippen LogP contribution in [-0.4, -0.2) is 59.3 Å². The highest BCUT2D eigenvalue weighted by Gasteiger charge is 2.45. The highest BCUT2D eigenvalue weighted by molar-refractivity contribution is 5.37. The molecule has 1 heterocycles. The Balaban J connectivity index is 2.45. The van der Waals surface area contributed by atoms with E-state index in [0.29, 0.717) is 6.61 Å². The first-order valence-corrected chi connectivity index (χ1v) is 6.66. The van der Waals surface area contributed by atoms with Crippen LogP contribution in [0.25, 0.3) is 0 Å². The van der Waals surface area contributed by atoms with Crippen LogP contribution in [0, 0.1) is 5.41 Å². The molecule has 0 spiro atoms. The fraction of sp³-hybridized carbons (Fsp3) is 0.923. The normalized spacial score (nSPS) is 34.8. The fourth-order valence-corrected chi connectivity index (χ4v) is 1.92. The summed E-state index contributed by atoms with van der Waals surface area (Å²) in [5.74, 6) is 0. The minimum Gasteiger partial charge on any atom is -0.435 e. The average molecular weight is 292 g/mol. The van der Waals surface area contributed by atoms with Crippen LogP contribution in [0.15, 0.2) is 0 Å². The van der Waals surface area contributed by atoms with Crippen molar-refractivity contribution in [3.63, 3.8) is 0 Å². The average Bonchev–Trinajstić information content (AvgIpc) is 2.36. The van der Waals surface area contributed by atoms with Crippen LogP contribution in [0.1, 0.15) is 33.6 Å². The van der Waals surface area contributed by atoms with Gasteiger partial charge in [0.2, 0.25) is 6.29 Å². The third kappa shape index (κ3) is 4.99. The molecule has 0 bridgehead atoms. The summed E-state index contributed by atoms with van der Waals surface area (Å²) in [5, 5.41) is 29.0. The van der Waals surface area contributed by atoms with E-state index in [1.54, 1.807) is 0 Å². The Morgan fingerprint density at radius 2 is 1.70 bits per heavy atom. The van der Waals surface area contributed by atoms with Gasteiger partial charge in [0.05, 0.1) is 0 Å². The zero-order valence-electron chi connectivity index (χ0n) is 12.1. The Kier molecular flexibility index (Phi) is 6.35. The molecule has 0 aromatic carbocycles. The molecule has 7 heteroatoms. The van der Waals surface area contributed by atoms with Crippen molar-refractivity contribution < 1.29 is 34.3 Å². The number of aliphatic hydroxyl groups is 3. The highest BCUT2D eigenvalue weighted by atomic mass is 16.8. The van der Waals surface area contributed by atoms with Crippen molar-refractivity contribution in [1.82, 2.24) is 0 Å². The molecule has 5 atom stereocenters. The molecule has 1 rings (SSSR count). The Labute approximate surface area is 118 Å². The molecule has 5 unspecified atom stereocenters. The molecule has 0 radical (unpaired) electrons. The van der Waals surface area contributed by atoms with Gasteiger partial charge in [0.25, 0.3) is 6.47 Å². The Morgan fingerprint density at radius 3 is 2.25 bits per heavy atom. The number of carbonyl (C=O) groups is 1. The van der Waals surface area contributed by atoms with Crippen molar-refractivity contribution in [2.24, 2.45) is 5.41 Å². The minimum atomic E-state index is -1.51.